The van der Waals surface area contributed by atoms with E-state index in [0.29, 0.717) is 24.6 Å². The van der Waals surface area contributed by atoms with Gasteiger partial charge in [-0.05, 0) is 38.2 Å². The fourth-order valence-electron chi connectivity index (χ4n) is 3.02. The highest BCUT2D eigenvalue weighted by Crippen LogP contribution is 2.28. The zero-order chi connectivity index (χ0) is 12.3. The lowest BCUT2D eigenvalue weighted by Crippen LogP contribution is -2.46. The Hall–Kier alpha value is -0.860. The van der Waals surface area contributed by atoms with Gasteiger partial charge in [-0.3, -0.25) is 4.90 Å². The molecule has 2 nitrogen and oxygen atoms in total. The molecule has 0 bridgehead atoms. The van der Waals surface area contributed by atoms with Crippen LogP contribution in [0.5, 0.6) is 0 Å². The van der Waals surface area contributed by atoms with Gasteiger partial charge in [0.2, 0.25) is 0 Å². The molecule has 1 aromatic rings. The van der Waals surface area contributed by atoms with Gasteiger partial charge < -0.3 is 5.11 Å². The SMILES string of the molecule is C[C@@H]1C[C@H](CO)C[C@H](C)N1Cc1ccccc1. The van der Waals surface area contributed by atoms with Gasteiger partial charge in [0.15, 0.2) is 0 Å². The third-order valence-electron chi connectivity index (χ3n) is 3.95. The number of benzene rings is 1. The van der Waals surface area contributed by atoms with E-state index in [4.69, 9.17) is 0 Å². The highest BCUT2D eigenvalue weighted by atomic mass is 16.3. The predicted molar refractivity (Wildman–Crippen MR) is 70.7 cm³/mol. The molecule has 1 aliphatic rings. The number of nitrogens with zero attached hydrogens (tertiary/aromatic N) is 1. The summed E-state index contributed by atoms with van der Waals surface area (Å²) in [6.45, 7) is 5.93. The van der Waals surface area contributed by atoms with E-state index >= 15 is 0 Å². The summed E-state index contributed by atoms with van der Waals surface area (Å²) in [6, 6.07) is 11.8. The van der Waals surface area contributed by atoms with Crippen molar-refractivity contribution in [2.24, 2.45) is 5.92 Å². The minimum Gasteiger partial charge on any atom is -0.396 e. The number of hydrogen-bond donors (Lipinski definition) is 1. The lowest BCUT2D eigenvalue weighted by Gasteiger charge is -2.42. The van der Waals surface area contributed by atoms with Crippen LogP contribution in [0.15, 0.2) is 30.3 Å². The number of piperidine rings is 1. The molecule has 94 valence electrons. The number of aliphatic hydroxyl groups excluding tert-OH is 1. The molecule has 1 heterocycles. The second-order valence-corrected chi connectivity index (χ2v) is 5.38. The maximum atomic E-state index is 9.28. The Kier molecular flexibility index (Phi) is 4.19. The number of likely N-dealkylation sites (tertiary alicyclic amines) is 1. The van der Waals surface area contributed by atoms with Crippen LogP contribution in [0.4, 0.5) is 0 Å². The average molecular weight is 233 g/mol. The van der Waals surface area contributed by atoms with Crippen LogP contribution >= 0.6 is 0 Å². The lowest BCUT2D eigenvalue weighted by atomic mass is 9.87. The Morgan fingerprint density at radius 2 is 1.71 bits per heavy atom. The quantitative estimate of drug-likeness (QED) is 0.867. The van der Waals surface area contributed by atoms with E-state index in [2.05, 4.69) is 49.1 Å². The van der Waals surface area contributed by atoms with Crippen LogP contribution < -0.4 is 0 Å². The van der Waals surface area contributed by atoms with Crippen LogP contribution in [0.3, 0.4) is 0 Å². The molecule has 17 heavy (non-hydrogen) atoms. The van der Waals surface area contributed by atoms with E-state index in [0.717, 1.165) is 19.4 Å². The van der Waals surface area contributed by atoms with Crippen molar-refractivity contribution < 1.29 is 5.11 Å². The first-order chi connectivity index (χ1) is 8.20. The van der Waals surface area contributed by atoms with Crippen LogP contribution in [0.25, 0.3) is 0 Å². The zero-order valence-electron chi connectivity index (χ0n) is 10.8. The molecule has 0 radical (unpaired) electrons. The Labute approximate surface area is 104 Å². The second kappa shape index (κ2) is 5.65. The second-order valence-electron chi connectivity index (χ2n) is 5.38. The molecular formula is C15H23NO. The molecule has 1 fully saturated rings. The summed E-state index contributed by atoms with van der Waals surface area (Å²) < 4.78 is 0. The molecule has 0 aromatic heterocycles. The third-order valence-corrected chi connectivity index (χ3v) is 3.95. The fraction of sp³-hybridized carbons (Fsp3) is 0.600. The molecule has 1 saturated heterocycles. The van der Waals surface area contributed by atoms with E-state index in [1.165, 1.54) is 5.56 Å². The Morgan fingerprint density at radius 1 is 1.12 bits per heavy atom. The standard InChI is InChI=1S/C15H23NO/c1-12-8-15(11-17)9-13(2)16(12)10-14-6-4-3-5-7-14/h3-7,12-13,15,17H,8-11H2,1-2H3/t12-,13+,15+. The van der Waals surface area contributed by atoms with Crippen molar-refractivity contribution in [2.75, 3.05) is 6.61 Å². The normalized spacial score (nSPS) is 30.4. The van der Waals surface area contributed by atoms with E-state index in [1.54, 1.807) is 0 Å². The van der Waals surface area contributed by atoms with Crippen molar-refractivity contribution in [3.05, 3.63) is 35.9 Å². The van der Waals surface area contributed by atoms with Crippen molar-refractivity contribution in [2.45, 2.75) is 45.3 Å². The smallest absolute Gasteiger partial charge is 0.0460 e. The molecular weight excluding hydrogens is 210 g/mol. The summed E-state index contributed by atoms with van der Waals surface area (Å²) in [7, 11) is 0. The van der Waals surface area contributed by atoms with Gasteiger partial charge in [-0.15, -0.1) is 0 Å². The molecule has 0 unspecified atom stereocenters. The molecule has 0 spiro atoms. The highest BCUT2D eigenvalue weighted by Gasteiger charge is 2.30. The largest absolute Gasteiger partial charge is 0.396 e. The lowest BCUT2D eigenvalue weighted by molar-refractivity contribution is 0.0411. The molecule has 0 saturated carbocycles. The molecule has 1 N–H and O–H groups in total. The molecule has 1 aliphatic heterocycles. The Balaban J connectivity index is 2.01. The first kappa shape index (κ1) is 12.6. The topological polar surface area (TPSA) is 23.5 Å². The number of aliphatic hydroxyl groups is 1. The highest BCUT2D eigenvalue weighted by molar-refractivity contribution is 5.14. The van der Waals surface area contributed by atoms with Crippen LogP contribution in [0, 0.1) is 5.92 Å². The Bertz CT molecular complexity index is 326. The molecule has 0 aliphatic carbocycles. The van der Waals surface area contributed by atoms with Gasteiger partial charge in [0.1, 0.15) is 0 Å². The summed E-state index contributed by atoms with van der Waals surface area (Å²) in [4.78, 5) is 2.56. The first-order valence-electron chi connectivity index (χ1n) is 6.61. The monoisotopic (exact) mass is 233 g/mol. The van der Waals surface area contributed by atoms with Gasteiger partial charge in [-0.2, -0.15) is 0 Å². The summed E-state index contributed by atoms with van der Waals surface area (Å²) in [5, 5.41) is 9.28. The van der Waals surface area contributed by atoms with E-state index < -0.39 is 0 Å². The number of hydrogen-bond acceptors (Lipinski definition) is 2. The minimum absolute atomic E-state index is 0.341. The minimum atomic E-state index is 0.341. The third kappa shape index (κ3) is 3.08. The van der Waals surface area contributed by atoms with E-state index in [-0.39, 0.29) is 0 Å². The molecule has 2 heteroatoms. The maximum Gasteiger partial charge on any atom is 0.0460 e. The van der Waals surface area contributed by atoms with Gasteiger partial charge in [-0.25, -0.2) is 0 Å². The summed E-state index contributed by atoms with van der Waals surface area (Å²) in [5.41, 5.74) is 1.38. The van der Waals surface area contributed by atoms with E-state index in [9.17, 15) is 5.11 Å². The van der Waals surface area contributed by atoms with Crippen LogP contribution in [-0.2, 0) is 6.54 Å². The first-order valence-corrected chi connectivity index (χ1v) is 6.61. The van der Waals surface area contributed by atoms with Crippen molar-refractivity contribution in [3.63, 3.8) is 0 Å². The van der Waals surface area contributed by atoms with Crippen molar-refractivity contribution in [1.82, 2.24) is 4.90 Å². The van der Waals surface area contributed by atoms with Crippen molar-refractivity contribution in [1.29, 1.82) is 0 Å². The van der Waals surface area contributed by atoms with Gasteiger partial charge in [0, 0.05) is 25.2 Å². The van der Waals surface area contributed by atoms with Gasteiger partial charge in [0.05, 0.1) is 0 Å². The van der Waals surface area contributed by atoms with Crippen LogP contribution in [0.1, 0.15) is 32.3 Å². The summed E-state index contributed by atoms with van der Waals surface area (Å²) in [6.07, 6.45) is 2.24. The molecule has 0 amide bonds. The van der Waals surface area contributed by atoms with Crippen LogP contribution in [0.2, 0.25) is 0 Å². The number of rotatable bonds is 3. The van der Waals surface area contributed by atoms with Crippen LogP contribution in [-0.4, -0.2) is 28.7 Å². The summed E-state index contributed by atoms with van der Waals surface area (Å²) in [5.74, 6) is 0.493. The van der Waals surface area contributed by atoms with Gasteiger partial charge in [0.25, 0.3) is 0 Å². The van der Waals surface area contributed by atoms with Gasteiger partial charge in [-0.1, -0.05) is 30.3 Å². The molecule has 2 rings (SSSR count). The zero-order valence-corrected chi connectivity index (χ0v) is 10.8. The average Bonchev–Trinajstić information content (AvgIpc) is 2.35. The fourth-order valence-corrected chi connectivity index (χ4v) is 3.02. The maximum absolute atomic E-state index is 9.28. The summed E-state index contributed by atoms with van der Waals surface area (Å²) >= 11 is 0. The predicted octanol–water partition coefficient (Wildman–Crippen LogP) is 2.67. The molecule has 1 aromatic carbocycles. The molecule has 3 atom stereocenters. The van der Waals surface area contributed by atoms with Crippen molar-refractivity contribution in [3.8, 4) is 0 Å². The van der Waals surface area contributed by atoms with Crippen molar-refractivity contribution >= 4 is 0 Å². The van der Waals surface area contributed by atoms with E-state index in [1.807, 2.05) is 0 Å². The Morgan fingerprint density at radius 3 is 2.24 bits per heavy atom. The van der Waals surface area contributed by atoms with Gasteiger partial charge >= 0.3 is 0 Å².